The topological polar surface area (TPSA) is 26.8 Å². The third kappa shape index (κ3) is 4.17. The van der Waals surface area contributed by atoms with Crippen molar-refractivity contribution in [3.63, 3.8) is 0 Å². The molecule has 2 aliphatic heterocycles. The molecule has 6 heteroatoms. The van der Waals surface area contributed by atoms with Gasteiger partial charge in [0.15, 0.2) is 0 Å². The summed E-state index contributed by atoms with van der Waals surface area (Å²) in [4.78, 5) is 19.3. The normalized spacial score (nSPS) is 21.3. The molecule has 4 rings (SSSR count). The van der Waals surface area contributed by atoms with E-state index in [1.807, 2.05) is 11.0 Å². The monoisotopic (exact) mass is 371 g/mol. The van der Waals surface area contributed by atoms with Crippen molar-refractivity contribution in [2.24, 2.45) is 0 Å². The fourth-order valence-corrected chi connectivity index (χ4v) is 3.95. The lowest BCUT2D eigenvalue weighted by Crippen LogP contribution is -2.64. The molecule has 0 aliphatic carbocycles. The predicted molar refractivity (Wildman–Crippen MR) is 98.9 cm³/mol. The van der Waals surface area contributed by atoms with Crippen molar-refractivity contribution in [1.29, 1.82) is 0 Å². The van der Waals surface area contributed by atoms with Crippen LogP contribution in [0.1, 0.15) is 11.1 Å². The zero-order valence-corrected chi connectivity index (χ0v) is 15.2. The van der Waals surface area contributed by atoms with Gasteiger partial charge < -0.3 is 4.90 Å². The van der Waals surface area contributed by atoms with E-state index in [-0.39, 0.29) is 23.6 Å². The van der Waals surface area contributed by atoms with Crippen molar-refractivity contribution >= 4 is 5.91 Å². The highest BCUT2D eigenvalue weighted by Crippen LogP contribution is 2.20. The number of fused-ring (bicyclic) bond motifs is 1. The Morgan fingerprint density at radius 3 is 2.41 bits per heavy atom. The van der Waals surface area contributed by atoms with E-state index in [0.29, 0.717) is 26.2 Å². The number of carbonyl (C=O) groups is 1. The first kappa shape index (κ1) is 18.1. The van der Waals surface area contributed by atoms with Gasteiger partial charge in [0.1, 0.15) is 17.7 Å². The maximum absolute atomic E-state index is 13.4. The molecule has 1 unspecified atom stereocenters. The molecule has 2 aromatic carbocycles. The zero-order valence-electron chi connectivity index (χ0n) is 15.2. The minimum Gasteiger partial charge on any atom is -0.336 e. The molecule has 0 spiro atoms. The fraction of sp³-hybridized carbons (Fsp3) is 0.381. The molecular weight excluding hydrogens is 348 g/mol. The van der Waals surface area contributed by atoms with E-state index in [0.717, 1.165) is 30.8 Å². The van der Waals surface area contributed by atoms with Gasteiger partial charge in [-0.3, -0.25) is 14.6 Å². The number of carbonyl (C=O) groups excluding carboxylic acids is 1. The van der Waals surface area contributed by atoms with Crippen LogP contribution in [0.15, 0.2) is 48.5 Å². The number of hydrogen-bond donors (Lipinski definition) is 0. The van der Waals surface area contributed by atoms with Gasteiger partial charge in [-0.05, 0) is 35.4 Å². The van der Waals surface area contributed by atoms with Gasteiger partial charge in [-0.2, -0.15) is 0 Å². The molecule has 2 aliphatic rings. The summed E-state index contributed by atoms with van der Waals surface area (Å²) in [7, 11) is 0. The largest absolute Gasteiger partial charge is 0.336 e. The molecule has 0 N–H and O–H groups in total. The van der Waals surface area contributed by atoms with Gasteiger partial charge in [-0.15, -0.1) is 0 Å². The molecule has 0 radical (unpaired) electrons. The van der Waals surface area contributed by atoms with Crippen molar-refractivity contribution in [2.75, 3.05) is 32.7 Å². The molecule has 4 nitrogen and oxygen atoms in total. The average molecular weight is 371 g/mol. The second kappa shape index (κ2) is 7.74. The highest BCUT2D eigenvalue weighted by atomic mass is 19.1. The Balaban J connectivity index is 1.41. The van der Waals surface area contributed by atoms with Gasteiger partial charge in [-0.1, -0.05) is 24.3 Å². The van der Waals surface area contributed by atoms with E-state index in [1.165, 1.54) is 18.2 Å². The first-order chi connectivity index (χ1) is 13.1. The molecule has 2 saturated heterocycles. The number of halogens is 2. The van der Waals surface area contributed by atoms with Gasteiger partial charge in [0.05, 0.1) is 0 Å². The highest BCUT2D eigenvalue weighted by Gasteiger charge is 2.38. The van der Waals surface area contributed by atoms with Crippen LogP contribution in [0.3, 0.4) is 0 Å². The Morgan fingerprint density at radius 1 is 0.852 bits per heavy atom. The van der Waals surface area contributed by atoms with E-state index in [2.05, 4.69) is 9.80 Å². The average Bonchev–Trinajstić information content (AvgIpc) is 2.66. The van der Waals surface area contributed by atoms with Crippen molar-refractivity contribution in [3.05, 3.63) is 71.3 Å². The maximum atomic E-state index is 13.4. The molecule has 2 fully saturated rings. The quantitative estimate of drug-likeness (QED) is 0.826. The van der Waals surface area contributed by atoms with Gasteiger partial charge in [0.2, 0.25) is 5.91 Å². The van der Waals surface area contributed by atoms with E-state index in [4.69, 9.17) is 0 Å². The molecule has 27 heavy (non-hydrogen) atoms. The minimum absolute atomic E-state index is 0.120. The summed E-state index contributed by atoms with van der Waals surface area (Å²) in [5.74, 6) is -0.380. The van der Waals surface area contributed by atoms with Gasteiger partial charge in [-0.25, -0.2) is 8.78 Å². The van der Waals surface area contributed by atoms with Crippen LogP contribution in [0, 0.1) is 11.6 Å². The lowest BCUT2D eigenvalue weighted by atomic mass is 10.1. The molecule has 2 aromatic rings. The number of hydrogen-bond acceptors (Lipinski definition) is 3. The maximum Gasteiger partial charge on any atom is 0.241 e. The molecule has 0 saturated carbocycles. The first-order valence-corrected chi connectivity index (χ1v) is 9.32. The van der Waals surface area contributed by atoms with Gasteiger partial charge >= 0.3 is 0 Å². The smallest absolute Gasteiger partial charge is 0.241 e. The summed E-state index contributed by atoms with van der Waals surface area (Å²) >= 11 is 0. The van der Waals surface area contributed by atoms with Gasteiger partial charge in [0, 0.05) is 45.8 Å². The highest BCUT2D eigenvalue weighted by molar-refractivity contribution is 5.83. The predicted octanol–water partition coefficient (Wildman–Crippen LogP) is 2.49. The Labute approximate surface area is 158 Å². The Bertz CT molecular complexity index is 811. The Kier molecular flexibility index (Phi) is 5.18. The van der Waals surface area contributed by atoms with Crippen LogP contribution in [-0.4, -0.2) is 59.4 Å². The van der Waals surface area contributed by atoms with Crippen LogP contribution in [0.4, 0.5) is 8.78 Å². The summed E-state index contributed by atoms with van der Waals surface area (Å²) in [6.07, 6.45) is 0. The molecule has 0 aromatic heterocycles. The van der Waals surface area contributed by atoms with E-state index < -0.39 is 0 Å². The third-order valence-electron chi connectivity index (χ3n) is 5.41. The minimum atomic E-state index is -0.268. The lowest BCUT2D eigenvalue weighted by molar-refractivity contribution is -0.146. The Hall–Kier alpha value is -2.31. The van der Waals surface area contributed by atoms with Crippen LogP contribution in [0.2, 0.25) is 0 Å². The van der Waals surface area contributed by atoms with Crippen molar-refractivity contribution in [2.45, 2.75) is 19.1 Å². The van der Waals surface area contributed by atoms with Gasteiger partial charge in [0.25, 0.3) is 0 Å². The zero-order chi connectivity index (χ0) is 18.8. The van der Waals surface area contributed by atoms with Crippen LogP contribution >= 0.6 is 0 Å². The number of nitrogens with zero attached hydrogens (tertiary/aromatic N) is 3. The Morgan fingerprint density at radius 2 is 1.63 bits per heavy atom. The van der Waals surface area contributed by atoms with Crippen LogP contribution < -0.4 is 0 Å². The molecule has 1 amide bonds. The summed E-state index contributed by atoms with van der Waals surface area (Å²) in [6.45, 7) is 5.06. The number of piperazine rings is 2. The third-order valence-corrected chi connectivity index (χ3v) is 5.41. The van der Waals surface area contributed by atoms with Crippen molar-refractivity contribution in [1.82, 2.24) is 14.7 Å². The fourth-order valence-electron chi connectivity index (χ4n) is 3.95. The molecule has 0 bridgehead atoms. The molecule has 1 atom stereocenters. The van der Waals surface area contributed by atoms with E-state index in [1.54, 1.807) is 24.3 Å². The second-order valence-electron chi connectivity index (χ2n) is 7.30. The second-order valence-corrected chi connectivity index (χ2v) is 7.30. The standard InChI is InChI=1S/C21H23F2N3O/c22-18-6-4-16(5-7-18)14-26-11-10-25-9-8-24(15-20(25)21(26)27)13-17-2-1-3-19(23)12-17/h1-7,12,20H,8-11,13-15H2. The van der Waals surface area contributed by atoms with Crippen molar-refractivity contribution in [3.8, 4) is 0 Å². The number of rotatable bonds is 4. The van der Waals surface area contributed by atoms with E-state index in [9.17, 15) is 13.6 Å². The molecular formula is C21H23F2N3O. The summed E-state index contributed by atoms with van der Waals surface area (Å²) in [6, 6.07) is 12.8. The first-order valence-electron chi connectivity index (χ1n) is 9.32. The number of benzene rings is 2. The summed E-state index contributed by atoms with van der Waals surface area (Å²) < 4.78 is 26.5. The molecule has 2 heterocycles. The van der Waals surface area contributed by atoms with Crippen LogP contribution in [0.25, 0.3) is 0 Å². The lowest BCUT2D eigenvalue weighted by Gasteiger charge is -2.46. The van der Waals surface area contributed by atoms with Crippen LogP contribution in [0.5, 0.6) is 0 Å². The molecule has 142 valence electrons. The van der Waals surface area contributed by atoms with E-state index >= 15 is 0 Å². The SMILES string of the molecule is O=C1C2CN(Cc3cccc(F)c3)CCN2CCN1Cc1ccc(F)cc1. The van der Waals surface area contributed by atoms with Crippen LogP contribution in [-0.2, 0) is 17.9 Å². The summed E-state index contributed by atoms with van der Waals surface area (Å²) in [5, 5.41) is 0. The summed E-state index contributed by atoms with van der Waals surface area (Å²) in [5.41, 5.74) is 1.86. The number of amides is 1. The van der Waals surface area contributed by atoms with Crippen molar-refractivity contribution < 1.29 is 13.6 Å².